The summed E-state index contributed by atoms with van der Waals surface area (Å²) in [6.07, 6.45) is -0.560. The van der Waals surface area contributed by atoms with Gasteiger partial charge >= 0.3 is 5.97 Å². The topological polar surface area (TPSA) is 66.8 Å². The van der Waals surface area contributed by atoms with E-state index in [1.54, 1.807) is 6.92 Å². The van der Waals surface area contributed by atoms with Gasteiger partial charge in [0.25, 0.3) is 0 Å². The van der Waals surface area contributed by atoms with Gasteiger partial charge in [0.15, 0.2) is 5.75 Å². The van der Waals surface area contributed by atoms with Gasteiger partial charge in [0.05, 0.1) is 21.7 Å². The lowest BCUT2D eigenvalue weighted by Gasteiger charge is -2.12. The first-order valence-electron chi connectivity index (χ1n) is 6.75. The Bertz CT molecular complexity index is 502. The van der Waals surface area contributed by atoms with Gasteiger partial charge in [-0.25, -0.2) is 4.79 Å². The fourth-order valence-corrected chi connectivity index (χ4v) is 2.57. The van der Waals surface area contributed by atoms with E-state index in [1.165, 1.54) is 12.5 Å². The molecule has 1 aromatic carbocycles. The normalized spacial score (nSPS) is 11.5. The highest BCUT2D eigenvalue weighted by molar-refractivity contribution is 9.11. The molecule has 4 nitrogen and oxygen atoms in total. The molecule has 0 aliphatic rings. The predicted octanol–water partition coefficient (Wildman–Crippen LogP) is 4.18. The molecule has 2 N–H and O–H groups in total. The SMILES string of the molecule is C=C(C)C(=O)Oc1c(Br)cc(C(C)C)cc1Br.CC(O)CO. The van der Waals surface area contributed by atoms with Gasteiger partial charge in [0.2, 0.25) is 0 Å². The summed E-state index contributed by atoms with van der Waals surface area (Å²) < 4.78 is 6.75. The summed E-state index contributed by atoms with van der Waals surface area (Å²) in [5.74, 6) is 0.472. The van der Waals surface area contributed by atoms with Crippen molar-refractivity contribution in [3.05, 3.63) is 38.8 Å². The average Bonchev–Trinajstić information content (AvgIpc) is 2.42. The molecule has 6 heteroatoms. The molecule has 1 atom stereocenters. The Labute approximate surface area is 148 Å². The molecular formula is C16H22Br2O4. The number of hydrogen-bond acceptors (Lipinski definition) is 4. The van der Waals surface area contributed by atoms with E-state index in [-0.39, 0.29) is 6.61 Å². The van der Waals surface area contributed by atoms with Crippen molar-refractivity contribution < 1.29 is 19.7 Å². The monoisotopic (exact) mass is 436 g/mol. The van der Waals surface area contributed by atoms with Crippen LogP contribution in [0.15, 0.2) is 33.2 Å². The molecule has 0 bridgehead atoms. The molecule has 124 valence electrons. The molecule has 1 aromatic rings. The van der Waals surface area contributed by atoms with Crippen LogP contribution in [-0.4, -0.2) is 28.9 Å². The lowest BCUT2D eigenvalue weighted by molar-refractivity contribution is -0.130. The Morgan fingerprint density at radius 3 is 1.95 bits per heavy atom. The van der Waals surface area contributed by atoms with Crippen molar-refractivity contribution in [2.45, 2.75) is 39.7 Å². The van der Waals surface area contributed by atoms with Crippen molar-refractivity contribution >= 4 is 37.8 Å². The van der Waals surface area contributed by atoms with E-state index in [0.717, 1.165) is 8.95 Å². The molecule has 0 spiro atoms. The van der Waals surface area contributed by atoms with Gasteiger partial charge < -0.3 is 14.9 Å². The smallest absolute Gasteiger partial charge is 0.338 e. The first kappa shape index (κ1) is 21.3. The Morgan fingerprint density at radius 1 is 1.27 bits per heavy atom. The maximum atomic E-state index is 11.5. The number of halogens is 2. The van der Waals surface area contributed by atoms with E-state index in [9.17, 15) is 4.79 Å². The van der Waals surface area contributed by atoms with Crippen LogP contribution in [0.3, 0.4) is 0 Å². The van der Waals surface area contributed by atoms with Crippen molar-refractivity contribution in [1.29, 1.82) is 0 Å². The fraction of sp³-hybridized carbons (Fsp3) is 0.438. The third-order valence-electron chi connectivity index (χ3n) is 2.49. The van der Waals surface area contributed by atoms with Crippen LogP contribution in [-0.2, 0) is 4.79 Å². The minimum Gasteiger partial charge on any atom is -0.421 e. The molecule has 0 saturated carbocycles. The van der Waals surface area contributed by atoms with Crippen molar-refractivity contribution in [3.8, 4) is 5.75 Å². The summed E-state index contributed by atoms with van der Waals surface area (Å²) in [6, 6.07) is 3.91. The molecular weight excluding hydrogens is 416 g/mol. The predicted molar refractivity (Wildman–Crippen MR) is 95.1 cm³/mol. The Kier molecular flexibility index (Phi) is 9.84. The Balaban J connectivity index is 0.000000763. The fourth-order valence-electron chi connectivity index (χ4n) is 1.19. The van der Waals surface area contributed by atoms with Crippen LogP contribution in [0.5, 0.6) is 5.75 Å². The van der Waals surface area contributed by atoms with E-state index >= 15 is 0 Å². The number of carbonyl (C=O) groups excluding carboxylic acids is 1. The second kappa shape index (κ2) is 10.2. The summed E-state index contributed by atoms with van der Waals surface area (Å²) >= 11 is 6.81. The standard InChI is InChI=1S/C13H14Br2O2.C3H8O2/c1-7(2)9-5-10(14)12(11(15)6-9)17-13(16)8(3)4;1-3(5)2-4/h5-7H,3H2,1-2,4H3;3-5H,2H2,1H3. The molecule has 1 unspecified atom stereocenters. The first-order chi connectivity index (χ1) is 10.1. The molecule has 22 heavy (non-hydrogen) atoms. The third-order valence-corrected chi connectivity index (χ3v) is 3.67. The van der Waals surface area contributed by atoms with Gasteiger partial charge in [-0.1, -0.05) is 20.4 Å². The molecule has 0 fully saturated rings. The Morgan fingerprint density at radius 2 is 1.68 bits per heavy atom. The van der Waals surface area contributed by atoms with E-state index in [0.29, 0.717) is 17.2 Å². The van der Waals surface area contributed by atoms with Crippen LogP contribution in [0.1, 0.15) is 39.2 Å². The minimum absolute atomic E-state index is 0.139. The van der Waals surface area contributed by atoms with Crippen LogP contribution >= 0.6 is 31.9 Å². The summed E-state index contributed by atoms with van der Waals surface area (Å²) in [5.41, 5.74) is 1.54. The highest BCUT2D eigenvalue weighted by Crippen LogP contribution is 2.37. The zero-order valence-electron chi connectivity index (χ0n) is 13.2. The van der Waals surface area contributed by atoms with Gasteiger partial charge in [-0.05, 0) is 69.3 Å². The molecule has 0 heterocycles. The number of aliphatic hydroxyl groups excluding tert-OH is 2. The summed E-state index contributed by atoms with van der Waals surface area (Å²) in [6.45, 7) is 10.8. The lowest BCUT2D eigenvalue weighted by atomic mass is 10.0. The van der Waals surface area contributed by atoms with Crippen LogP contribution < -0.4 is 4.74 Å². The number of carbonyl (C=O) groups is 1. The number of benzene rings is 1. The van der Waals surface area contributed by atoms with Crippen molar-refractivity contribution in [2.24, 2.45) is 0 Å². The molecule has 0 amide bonds. The average molecular weight is 438 g/mol. The van der Waals surface area contributed by atoms with Gasteiger partial charge in [-0.15, -0.1) is 0 Å². The highest BCUT2D eigenvalue weighted by atomic mass is 79.9. The third kappa shape index (κ3) is 7.54. The van der Waals surface area contributed by atoms with Gasteiger partial charge in [0, 0.05) is 5.57 Å². The molecule has 0 saturated heterocycles. The molecule has 0 aliphatic carbocycles. The zero-order chi connectivity index (χ0) is 17.4. The van der Waals surface area contributed by atoms with Crippen LogP contribution in [0.4, 0.5) is 0 Å². The summed E-state index contributed by atoms with van der Waals surface area (Å²) in [5, 5.41) is 16.0. The first-order valence-corrected chi connectivity index (χ1v) is 8.34. The van der Waals surface area contributed by atoms with Crippen molar-refractivity contribution in [2.75, 3.05) is 6.61 Å². The zero-order valence-corrected chi connectivity index (χ0v) is 16.4. The maximum Gasteiger partial charge on any atom is 0.338 e. The van der Waals surface area contributed by atoms with Crippen LogP contribution in [0.25, 0.3) is 0 Å². The number of ether oxygens (including phenoxy) is 1. The summed E-state index contributed by atoms with van der Waals surface area (Å²) in [4.78, 5) is 11.5. The molecule has 0 aromatic heterocycles. The number of esters is 1. The van der Waals surface area contributed by atoms with Gasteiger partial charge in [-0.3, -0.25) is 0 Å². The van der Waals surface area contributed by atoms with Gasteiger partial charge in [0.1, 0.15) is 0 Å². The largest absolute Gasteiger partial charge is 0.421 e. The quantitative estimate of drug-likeness (QED) is 0.421. The molecule has 0 aliphatic heterocycles. The molecule has 0 radical (unpaired) electrons. The Hall–Kier alpha value is -0.690. The van der Waals surface area contributed by atoms with E-state index < -0.39 is 12.1 Å². The second-order valence-electron chi connectivity index (χ2n) is 5.17. The molecule has 1 rings (SSSR count). The van der Waals surface area contributed by atoms with Crippen LogP contribution in [0, 0.1) is 0 Å². The van der Waals surface area contributed by atoms with E-state index in [4.69, 9.17) is 14.9 Å². The van der Waals surface area contributed by atoms with E-state index in [1.807, 2.05) is 12.1 Å². The number of hydrogen-bond donors (Lipinski definition) is 2. The summed E-state index contributed by atoms with van der Waals surface area (Å²) in [7, 11) is 0. The second-order valence-corrected chi connectivity index (χ2v) is 6.88. The van der Waals surface area contributed by atoms with E-state index in [2.05, 4.69) is 52.3 Å². The lowest BCUT2D eigenvalue weighted by Crippen LogP contribution is -2.09. The minimum atomic E-state index is -0.560. The number of rotatable bonds is 4. The maximum absolute atomic E-state index is 11.5. The van der Waals surface area contributed by atoms with Gasteiger partial charge in [-0.2, -0.15) is 0 Å². The van der Waals surface area contributed by atoms with Crippen molar-refractivity contribution in [3.63, 3.8) is 0 Å². The van der Waals surface area contributed by atoms with Crippen molar-refractivity contribution in [1.82, 2.24) is 0 Å². The van der Waals surface area contributed by atoms with Crippen LogP contribution in [0.2, 0.25) is 0 Å². The highest BCUT2D eigenvalue weighted by Gasteiger charge is 2.14. The number of aliphatic hydroxyl groups is 2.